The second kappa shape index (κ2) is 3.52. The number of hydrogen-bond acceptors (Lipinski definition) is 6. The summed E-state index contributed by atoms with van der Waals surface area (Å²) in [6.07, 6.45) is 2.39. The van der Waals surface area contributed by atoms with Gasteiger partial charge in [-0.05, 0) is 29.1 Å². The van der Waals surface area contributed by atoms with E-state index in [0.717, 1.165) is 0 Å². The monoisotopic (exact) mass is 197 g/mol. The lowest BCUT2D eigenvalue weighted by Gasteiger charge is -1.97. The predicted molar refractivity (Wildman–Crippen MR) is 48.1 cm³/mol. The van der Waals surface area contributed by atoms with Crippen molar-refractivity contribution in [1.82, 2.24) is 10.3 Å². The Bertz CT molecular complexity index is 344. The molecule has 1 fully saturated rings. The third-order valence-corrected chi connectivity index (χ3v) is 1.93. The highest BCUT2D eigenvalue weighted by molar-refractivity contribution is 5.98. The zero-order valence-corrected chi connectivity index (χ0v) is 7.51. The van der Waals surface area contributed by atoms with Gasteiger partial charge in [0.25, 0.3) is 0 Å². The third-order valence-electron chi connectivity index (χ3n) is 1.93. The molecule has 14 heavy (non-hydrogen) atoms. The molecule has 1 heterocycles. The standard InChI is InChI=1S/C7H11N5O2/c8-6(5-7(9)12-14-10-5)11-13-3-4-1-2-4/h4H,1-3H2,(H2,8,11)(H2,9,12). The highest BCUT2D eigenvalue weighted by atomic mass is 16.6. The molecule has 0 aromatic carbocycles. The first-order valence-electron chi connectivity index (χ1n) is 4.31. The lowest BCUT2D eigenvalue weighted by atomic mass is 10.4. The summed E-state index contributed by atoms with van der Waals surface area (Å²) in [5, 5.41) is 10.5. The van der Waals surface area contributed by atoms with Crippen molar-refractivity contribution in [2.75, 3.05) is 12.3 Å². The van der Waals surface area contributed by atoms with Gasteiger partial charge in [-0.1, -0.05) is 5.16 Å². The van der Waals surface area contributed by atoms with Gasteiger partial charge in [0.2, 0.25) is 0 Å². The van der Waals surface area contributed by atoms with Crippen LogP contribution in [0.25, 0.3) is 0 Å². The van der Waals surface area contributed by atoms with E-state index in [1.165, 1.54) is 12.8 Å². The smallest absolute Gasteiger partial charge is 0.199 e. The van der Waals surface area contributed by atoms with Gasteiger partial charge in [0.15, 0.2) is 17.3 Å². The number of aromatic nitrogens is 2. The summed E-state index contributed by atoms with van der Waals surface area (Å²) in [7, 11) is 0. The number of hydrogen-bond donors (Lipinski definition) is 2. The van der Waals surface area contributed by atoms with Crippen molar-refractivity contribution in [2.24, 2.45) is 16.8 Å². The van der Waals surface area contributed by atoms with E-state index in [-0.39, 0.29) is 17.3 Å². The van der Waals surface area contributed by atoms with Crippen LogP contribution in [0.15, 0.2) is 9.78 Å². The fourth-order valence-electron chi connectivity index (χ4n) is 0.913. The van der Waals surface area contributed by atoms with Crippen LogP contribution in [0.4, 0.5) is 5.82 Å². The first-order chi connectivity index (χ1) is 6.77. The van der Waals surface area contributed by atoms with Gasteiger partial charge in [0.05, 0.1) is 0 Å². The van der Waals surface area contributed by atoms with Gasteiger partial charge in [0.1, 0.15) is 6.61 Å². The molecule has 1 aromatic rings. The van der Waals surface area contributed by atoms with E-state index in [1.54, 1.807) is 0 Å². The Morgan fingerprint density at radius 3 is 2.93 bits per heavy atom. The van der Waals surface area contributed by atoms with Crippen molar-refractivity contribution in [3.8, 4) is 0 Å². The van der Waals surface area contributed by atoms with E-state index in [1.807, 2.05) is 0 Å². The Hall–Kier alpha value is -1.79. The summed E-state index contributed by atoms with van der Waals surface area (Å²) in [6, 6.07) is 0. The fourth-order valence-corrected chi connectivity index (χ4v) is 0.913. The van der Waals surface area contributed by atoms with Crippen LogP contribution >= 0.6 is 0 Å². The Labute approximate surface area is 80.0 Å². The minimum atomic E-state index is 0.0874. The van der Waals surface area contributed by atoms with Crippen LogP contribution < -0.4 is 11.5 Å². The van der Waals surface area contributed by atoms with Gasteiger partial charge in [-0.25, -0.2) is 4.63 Å². The van der Waals surface area contributed by atoms with E-state index in [4.69, 9.17) is 16.3 Å². The molecule has 0 saturated heterocycles. The van der Waals surface area contributed by atoms with Crippen LogP contribution in [-0.4, -0.2) is 22.8 Å². The minimum absolute atomic E-state index is 0.0874. The minimum Gasteiger partial charge on any atom is -0.394 e. The maximum atomic E-state index is 5.53. The van der Waals surface area contributed by atoms with Gasteiger partial charge >= 0.3 is 0 Å². The second-order valence-corrected chi connectivity index (χ2v) is 3.21. The number of nitrogen functional groups attached to an aromatic ring is 1. The molecule has 0 aliphatic heterocycles. The average Bonchev–Trinajstić information content (AvgIpc) is 2.87. The summed E-state index contributed by atoms with van der Waals surface area (Å²) < 4.78 is 4.36. The highest BCUT2D eigenvalue weighted by Gasteiger charge is 2.22. The number of rotatable bonds is 4. The molecule has 2 rings (SSSR count). The lowest BCUT2D eigenvalue weighted by Crippen LogP contribution is -2.16. The zero-order chi connectivity index (χ0) is 9.97. The lowest BCUT2D eigenvalue weighted by molar-refractivity contribution is 0.133. The number of nitrogens with zero attached hydrogens (tertiary/aromatic N) is 3. The van der Waals surface area contributed by atoms with Crippen LogP contribution in [0.5, 0.6) is 0 Å². The summed E-state index contributed by atoms with van der Waals surface area (Å²) in [6.45, 7) is 0.589. The van der Waals surface area contributed by atoms with Gasteiger partial charge in [-0.15, -0.1) is 0 Å². The van der Waals surface area contributed by atoms with Crippen LogP contribution in [-0.2, 0) is 4.84 Å². The number of nitrogens with two attached hydrogens (primary N) is 2. The Balaban J connectivity index is 1.92. The van der Waals surface area contributed by atoms with E-state index < -0.39 is 0 Å². The molecule has 7 nitrogen and oxygen atoms in total. The SMILES string of the molecule is N/C(=N/OCC1CC1)c1nonc1N. The van der Waals surface area contributed by atoms with E-state index >= 15 is 0 Å². The zero-order valence-electron chi connectivity index (χ0n) is 7.51. The molecule has 76 valence electrons. The van der Waals surface area contributed by atoms with E-state index in [0.29, 0.717) is 12.5 Å². The van der Waals surface area contributed by atoms with Crippen molar-refractivity contribution < 1.29 is 9.47 Å². The molecule has 0 amide bonds. The molecular formula is C7H11N5O2. The Kier molecular flexibility index (Phi) is 2.21. The number of oxime groups is 1. The van der Waals surface area contributed by atoms with Crippen LogP contribution in [0.2, 0.25) is 0 Å². The van der Waals surface area contributed by atoms with Gasteiger partial charge < -0.3 is 16.3 Å². The van der Waals surface area contributed by atoms with Crippen LogP contribution in [0, 0.1) is 5.92 Å². The molecule has 7 heteroatoms. The number of amidine groups is 1. The molecule has 0 atom stereocenters. The first kappa shape index (κ1) is 8.79. The molecule has 0 spiro atoms. The summed E-state index contributed by atoms with van der Waals surface area (Å²) in [4.78, 5) is 5.00. The maximum absolute atomic E-state index is 5.53. The Morgan fingerprint density at radius 1 is 1.57 bits per heavy atom. The van der Waals surface area contributed by atoms with Crippen molar-refractivity contribution >= 4 is 11.7 Å². The normalized spacial score (nSPS) is 17.0. The molecule has 0 bridgehead atoms. The maximum Gasteiger partial charge on any atom is 0.199 e. The fraction of sp³-hybridized carbons (Fsp3) is 0.571. The van der Waals surface area contributed by atoms with Gasteiger partial charge in [-0.2, -0.15) is 0 Å². The molecule has 4 N–H and O–H groups in total. The third kappa shape index (κ3) is 1.93. The van der Waals surface area contributed by atoms with Crippen molar-refractivity contribution in [1.29, 1.82) is 0 Å². The summed E-state index contributed by atoms with van der Waals surface area (Å²) >= 11 is 0. The average molecular weight is 197 g/mol. The molecule has 0 radical (unpaired) electrons. The largest absolute Gasteiger partial charge is 0.394 e. The van der Waals surface area contributed by atoms with Gasteiger partial charge in [-0.3, -0.25) is 0 Å². The van der Waals surface area contributed by atoms with Crippen LogP contribution in [0.1, 0.15) is 18.5 Å². The first-order valence-corrected chi connectivity index (χ1v) is 4.31. The Morgan fingerprint density at radius 2 is 2.36 bits per heavy atom. The van der Waals surface area contributed by atoms with Crippen molar-refractivity contribution in [2.45, 2.75) is 12.8 Å². The molecule has 1 aliphatic carbocycles. The number of anilines is 1. The van der Waals surface area contributed by atoms with E-state index in [2.05, 4.69) is 20.1 Å². The summed E-state index contributed by atoms with van der Waals surface area (Å²) in [5.41, 5.74) is 11.2. The molecule has 1 aromatic heterocycles. The quantitative estimate of drug-likeness (QED) is 0.389. The molecule has 1 saturated carbocycles. The molecule has 1 aliphatic rings. The van der Waals surface area contributed by atoms with Gasteiger partial charge in [0, 0.05) is 0 Å². The molecular weight excluding hydrogens is 186 g/mol. The summed E-state index contributed by atoms with van der Waals surface area (Å²) in [5.74, 6) is 0.824. The topological polar surface area (TPSA) is 113 Å². The predicted octanol–water partition coefficient (Wildman–Crippen LogP) is -0.301. The van der Waals surface area contributed by atoms with E-state index in [9.17, 15) is 0 Å². The second-order valence-electron chi connectivity index (χ2n) is 3.21. The van der Waals surface area contributed by atoms with Crippen molar-refractivity contribution in [3.05, 3.63) is 5.69 Å². The molecule has 0 unspecified atom stereocenters. The van der Waals surface area contributed by atoms with Crippen LogP contribution in [0.3, 0.4) is 0 Å². The van der Waals surface area contributed by atoms with Crippen molar-refractivity contribution in [3.63, 3.8) is 0 Å². The highest BCUT2D eigenvalue weighted by Crippen LogP contribution is 2.28.